The maximum absolute atomic E-state index is 12.6. The zero-order valence-electron chi connectivity index (χ0n) is 13.4. The van der Waals surface area contributed by atoms with Crippen LogP contribution < -0.4 is 10.9 Å². The van der Waals surface area contributed by atoms with Crippen LogP contribution in [0.2, 0.25) is 0 Å². The Labute approximate surface area is 137 Å². The molecule has 2 heterocycles. The van der Waals surface area contributed by atoms with Gasteiger partial charge in [0.2, 0.25) is 0 Å². The zero-order valence-corrected chi connectivity index (χ0v) is 14.2. The van der Waals surface area contributed by atoms with Crippen LogP contribution in [-0.4, -0.2) is 15.3 Å². The predicted octanol–water partition coefficient (Wildman–Crippen LogP) is 3.24. The number of rotatable bonds is 2. The highest BCUT2D eigenvalue weighted by molar-refractivity contribution is 7.15. The summed E-state index contributed by atoms with van der Waals surface area (Å²) < 4.78 is 1.52. The molecule has 0 saturated carbocycles. The zero-order chi connectivity index (χ0) is 16.7. The Kier molecular flexibility index (Phi) is 3.77. The molecule has 0 aliphatic carbocycles. The first-order valence-electron chi connectivity index (χ1n) is 7.24. The van der Waals surface area contributed by atoms with Gasteiger partial charge in [0.05, 0.1) is 5.69 Å². The molecule has 1 N–H and O–H groups in total. The monoisotopic (exact) mass is 327 g/mol. The number of nitrogens with one attached hydrogen (secondary N) is 1. The van der Waals surface area contributed by atoms with Crippen molar-refractivity contribution in [1.82, 2.24) is 9.38 Å². The summed E-state index contributed by atoms with van der Waals surface area (Å²) in [5, 5.41) is 4.59. The maximum Gasteiger partial charge on any atom is 0.282 e. The lowest BCUT2D eigenvalue weighted by atomic mass is 10.1. The van der Waals surface area contributed by atoms with Gasteiger partial charge in [-0.1, -0.05) is 6.07 Å². The fourth-order valence-corrected chi connectivity index (χ4v) is 3.30. The molecule has 0 spiro atoms. The van der Waals surface area contributed by atoms with Crippen molar-refractivity contribution in [1.29, 1.82) is 0 Å². The van der Waals surface area contributed by atoms with Gasteiger partial charge in [-0.15, -0.1) is 11.3 Å². The van der Waals surface area contributed by atoms with Crippen LogP contribution in [0.3, 0.4) is 0 Å². The van der Waals surface area contributed by atoms with Crippen molar-refractivity contribution in [3.8, 4) is 0 Å². The first kappa shape index (κ1) is 15.4. The van der Waals surface area contributed by atoms with E-state index in [-0.39, 0.29) is 17.2 Å². The second-order valence-corrected chi connectivity index (χ2v) is 6.46. The molecular formula is C17H17N3O2S. The van der Waals surface area contributed by atoms with Crippen molar-refractivity contribution in [2.45, 2.75) is 27.7 Å². The van der Waals surface area contributed by atoms with Gasteiger partial charge < -0.3 is 5.32 Å². The largest absolute Gasteiger partial charge is 0.316 e. The van der Waals surface area contributed by atoms with E-state index in [2.05, 4.69) is 10.3 Å². The number of thiazole rings is 1. The van der Waals surface area contributed by atoms with Gasteiger partial charge in [-0.25, -0.2) is 4.98 Å². The first-order chi connectivity index (χ1) is 10.9. The molecule has 3 aromatic rings. The number of carbonyl (C=O) groups excluding carboxylic acids is 1. The molecule has 0 unspecified atom stereocenters. The third kappa shape index (κ3) is 2.66. The van der Waals surface area contributed by atoms with Crippen molar-refractivity contribution in [2.24, 2.45) is 0 Å². The van der Waals surface area contributed by atoms with Crippen molar-refractivity contribution in [2.75, 3.05) is 5.32 Å². The minimum absolute atomic E-state index is 0.229. The highest BCUT2D eigenvalue weighted by atomic mass is 32.1. The van der Waals surface area contributed by atoms with Gasteiger partial charge >= 0.3 is 0 Å². The molecule has 0 bridgehead atoms. The average Bonchev–Trinajstić information content (AvgIpc) is 2.87. The number of aromatic nitrogens is 2. The van der Waals surface area contributed by atoms with Gasteiger partial charge in [-0.3, -0.25) is 14.0 Å². The summed E-state index contributed by atoms with van der Waals surface area (Å²) in [7, 11) is 0. The van der Waals surface area contributed by atoms with Crippen LogP contribution in [-0.2, 0) is 0 Å². The van der Waals surface area contributed by atoms with Crippen molar-refractivity contribution >= 4 is 27.9 Å². The summed E-state index contributed by atoms with van der Waals surface area (Å²) in [6, 6.07) is 5.47. The molecule has 0 fully saturated rings. The molecule has 5 nitrogen and oxygen atoms in total. The molecule has 23 heavy (non-hydrogen) atoms. The van der Waals surface area contributed by atoms with E-state index >= 15 is 0 Å². The van der Waals surface area contributed by atoms with Crippen molar-refractivity contribution < 1.29 is 4.79 Å². The lowest BCUT2D eigenvalue weighted by Crippen LogP contribution is -2.25. The third-order valence-corrected chi connectivity index (χ3v) is 4.87. The molecule has 0 aliphatic rings. The molecule has 0 atom stereocenters. The van der Waals surface area contributed by atoms with Crippen LogP contribution >= 0.6 is 11.3 Å². The van der Waals surface area contributed by atoms with E-state index in [0.717, 1.165) is 16.8 Å². The van der Waals surface area contributed by atoms with Gasteiger partial charge in [-0.05, 0) is 51.0 Å². The highest BCUT2D eigenvalue weighted by Gasteiger charge is 2.16. The predicted molar refractivity (Wildman–Crippen MR) is 92.7 cm³/mol. The first-order valence-corrected chi connectivity index (χ1v) is 8.12. The number of hydrogen-bond donors (Lipinski definition) is 1. The fourth-order valence-electron chi connectivity index (χ4n) is 2.40. The van der Waals surface area contributed by atoms with Crippen LogP contribution in [0.25, 0.3) is 4.96 Å². The summed E-state index contributed by atoms with van der Waals surface area (Å²) in [6.07, 6.45) is 0. The summed E-state index contributed by atoms with van der Waals surface area (Å²) in [5.74, 6) is -0.303. The topological polar surface area (TPSA) is 63.5 Å². The number of fused-ring (bicyclic) bond motifs is 1. The Morgan fingerprint density at radius 2 is 1.91 bits per heavy atom. The molecule has 0 saturated heterocycles. The van der Waals surface area contributed by atoms with Gasteiger partial charge in [0.25, 0.3) is 11.5 Å². The Morgan fingerprint density at radius 3 is 2.61 bits per heavy atom. The molecule has 0 radical (unpaired) electrons. The summed E-state index contributed by atoms with van der Waals surface area (Å²) in [5.41, 5.74) is 4.00. The van der Waals surface area contributed by atoms with Gasteiger partial charge in [-0.2, -0.15) is 0 Å². The molecule has 3 rings (SSSR count). The van der Waals surface area contributed by atoms with Crippen LogP contribution in [0.4, 0.5) is 5.69 Å². The molecule has 6 heteroatoms. The third-order valence-electron chi connectivity index (χ3n) is 3.93. The minimum atomic E-state index is -0.303. The molecule has 1 aromatic carbocycles. The smallest absolute Gasteiger partial charge is 0.282 e. The van der Waals surface area contributed by atoms with Gasteiger partial charge in [0.1, 0.15) is 5.69 Å². The van der Waals surface area contributed by atoms with E-state index in [4.69, 9.17) is 0 Å². The Balaban J connectivity index is 2.04. The second-order valence-electron chi connectivity index (χ2n) is 5.63. The van der Waals surface area contributed by atoms with E-state index in [1.165, 1.54) is 15.7 Å². The number of amides is 1. The van der Waals surface area contributed by atoms with Crippen molar-refractivity contribution in [3.63, 3.8) is 0 Å². The minimum Gasteiger partial charge on any atom is -0.316 e. The van der Waals surface area contributed by atoms with Crippen LogP contribution in [0.1, 0.15) is 32.9 Å². The van der Waals surface area contributed by atoms with E-state index in [9.17, 15) is 9.59 Å². The Morgan fingerprint density at radius 1 is 1.17 bits per heavy atom. The van der Waals surface area contributed by atoms with Gasteiger partial charge in [0, 0.05) is 16.6 Å². The van der Waals surface area contributed by atoms with Crippen LogP contribution in [0.5, 0.6) is 0 Å². The molecule has 1 amide bonds. The Hall–Kier alpha value is -2.47. The molecular weight excluding hydrogens is 310 g/mol. The number of anilines is 1. The number of carbonyl (C=O) groups is 1. The lowest BCUT2D eigenvalue weighted by Gasteiger charge is -2.09. The maximum atomic E-state index is 12.6. The number of aryl methyl sites for hydroxylation is 4. The Bertz CT molecular complexity index is 985. The molecule has 2 aromatic heterocycles. The second kappa shape index (κ2) is 5.62. The van der Waals surface area contributed by atoms with E-state index in [0.29, 0.717) is 16.2 Å². The summed E-state index contributed by atoms with van der Waals surface area (Å²) in [4.78, 5) is 30.1. The standard InChI is InChI=1S/C17H17N3O2S/c1-9-5-6-13(7-10(9)2)15(21)19-14-12(4)18-17-20(16(14)22)11(3)8-23-17/h5-8H,1-4H3,(H,19,21). The number of benzene rings is 1. The normalized spacial score (nSPS) is 11.0. The lowest BCUT2D eigenvalue weighted by molar-refractivity contribution is 0.102. The average molecular weight is 327 g/mol. The van der Waals surface area contributed by atoms with E-state index in [1.54, 1.807) is 13.0 Å². The van der Waals surface area contributed by atoms with Crippen LogP contribution in [0, 0.1) is 27.7 Å². The summed E-state index contributed by atoms with van der Waals surface area (Å²) >= 11 is 1.41. The van der Waals surface area contributed by atoms with Crippen LogP contribution in [0.15, 0.2) is 28.4 Å². The van der Waals surface area contributed by atoms with Gasteiger partial charge in [0.15, 0.2) is 4.96 Å². The van der Waals surface area contributed by atoms with Crippen molar-refractivity contribution in [3.05, 3.63) is 62.0 Å². The number of hydrogen-bond acceptors (Lipinski definition) is 4. The van der Waals surface area contributed by atoms with E-state index < -0.39 is 0 Å². The molecule has 118 valence electrons. The molecule has 0 aliphatic heterocycles. The SMILES string of the molecule is Cc1ccc(C(=O)Nc2c(C)nc3scc(C)n3c2=O)cc1C. The number of nitrogens with zero attached hydrogens (tertiary/aromatic N) is 2. The van der Waals surface area contributed by atoms with E-state index in [1.807, 2.05) is 38.3 Å². The summed E-state index contributed by atoms with van der Waals surface area (Å²) in [6.45, 7) is 7.52. The fraction of sp³-hybridized carbons (Fsp3) is 0.235. The quantitative estimate of drug-likeness (QED) is 0.786. The highest BCUT2D eigenvalue weighted by Crippen LogP contribution is 2.17.